The Hall–Kier alpha value is -2.37. The van der Waals surface area contributed by atoms with Gasteiger partial charge in [-0.25, -0.2) is 0 Å². The van der Waals surface area contributed by atoms with Gasteiger partial charge in [0.1, 0.15) is 13.2 Å². The summed E-state index contributed by atoms with van der Waals surface area (Å²) >= 11 is 0. The largest absolute Gasteiger partial charge is 0.462 e. The van der Waals surface area contributed by atoms with Crippen LogP contribution in [0.25, 0.3) is 0 Å². The van der Waals surface area contributed by atoms with Gasteiger partial charge in [-0.2, -0.15) is 0 Å². The fraction of sp³-hybridized carbons (Fsp3) is 0.862. The van der Waals surface area contributed by atoms with Crippen LogP contribution in [0.4, 0.5) is 0 Å². The first-order valence-corrected chi connectivity index (χ1v) is 31.5. The molecule has 0 N–H and O–H groups in total. The molecule has 0 amide bonds. The van der Waals surface area contributed by atoms with Crippen molar-refractivity contribution in [2.45, 2.75) is 348 Å². The first kappa shape index (κ1) is 68.6. The Morgan fingerprint density at radius 2 is 0.549 bits per heavy atom. The van der Waals surface area contributed by atoms with Gasteiger partial charge in [-0.1, -0.05) is 308 Å². The molecular weight excluding hydrogens is 877 g/mol. The summed E-state index contributed by atoms with van der Waals surface area (Å²) in [6, 6.07) is 0. The van der Waals surface area contributed by atoms with Crippen molar-refractivity contribution >= 4 is 17.9 Å². The normalized spacial score (nSPS) is 12.2. The summed E-state index contributed by atoms with van der Waals surface area (Å²) in [4.78, 5) is 38.2. The zero-order valence-corrected chi connectivity index (χ0v) is 47.8. The van der Waals surface area contributed by atoms with Crippen molar-refractivity contribution in [2.24, 2.45) is 0 Å². The summed E-state index contributed by atoms with van der Waals surface area (Å²) in [5, 5.41) is 0. The molecule has 0 bridgehead atoms. The Labute approximate surface area is 442 Å². The average molecular weight is 998 g/mol. The molecule has 1 atom stereocenters. The van der Waals surface area contributed by atoms with Crippen LogP contribution in [0.2, 0.25) is 0 Å². The molecule has 0 aromatic rings. The number of carbonyl (C=O) groups excluding carboxylic acids is 3. The van der Waals surface area contributed by atoms with Crippen LogP contribution in [0.15, 0.2) is 36.5 Å². The van der Waals surface area contributed by atoms with E-state index in [9.17, 15) is 14.4 Å². The molecule has 0 rings (SSSR count). The molecule has 416 valence electrons. The van der Waals surface area contributed by atoms with Gasteiger partial charge in [0.15, 0.2) is 6.10 Å². The number of ether oxygens (including phenoxy) is 3. The number of carbonyl (C=O) groups is 3. The number of rotatable bonds is 58. The van der Waals surface area contributed by atoms with Gasteiger partial charge in [0, 0.05) is 19.3 Å². The lowest BCUT2D eigenvalue weighted by Crippen LogP contribution is -2.30. The molecule has 0 aromatic carbocycles. The Kier molecular flexibility index (Phi) is 58.2. The van der Waals surface area contributed by atoms with Crippen LogP contribution >= 0.6 is 0 Å². The van der Waals surface area contributed by atoms with Gasteiger partial charge >= 0.3 is 17.9 Å². The summed E-state index contributed by atoms with van der Waals surface area (Å²) in [6.07, 6.45) is 73.1. The van der Waals surface area contributed by atoms with E-state index in [0.29, 0.717) is 19.3 Å². The quantitative estimate of drug-likeness (QED) is 0.0261. The van der Waals surface area contributed by atoms with Gasteiger partial charge in [-0.3, -0.25) is 14.4 Å². The minimum absolute atomic E-state index is 0.0764. The van der Waals surface area contributed by atoms with Crippen molar-refractivity contribution < 1.29 is 28.6 Å². The predicted octanol–water partition coefficient (Wildman–Crippen LogP) is 21.2. The second-order valence-corrected chi connectivity index (χ2v) is 21.3. The summed E-state index contributed by atoms with van der Waals surface area (Å²) in [6.45, 7) is 6.56. The third kappa shape index (κ3) is 58.4. The third-order valence-corrected chi connectivity index (χ3v) is 14.2. The molecule has 0 saturated carbocycles. The number of unbranched alkanes of at least 4 members (excludes halogenated alkanes) is 41. The zero-order valence-electron chi connectivity index (χ0n) is 47.8. The minimum Gasteiger partial charge on any atom is -0.462 e. The summed E-state index contributed by atoms with van der Waals surface area (Å²) in [5.74, 6) is -0.885. The van der Waals surface area contributed by atoms with Gasteiger partial charge in [-0.15, -0.1) is 0 Å². The van der Waals surface area contributed by atoms with E-state index in [0.717, 1.165) is 83.5 Å². The molecule has 0 aliphatic carbocycles. The molecular formula is C65H120O6. The molecule has 6 heteroatoms. The third-order valence-electron chi connectivity index (χ3n) is 14.2. The summed E-state index contributed by atoms with van der Waals surface area (Å²) in [5.41, 5.74) is 0. The first-order valence-electron chi connectivity index (χ1n) is 31.5. The fourth-order valence-electron chi connectivity index (χ4n) is 9.46. The van der Waals surface area contributed by atoms with Crippen LogP contribution in [0.1, 0.15) is 342 Å². The monoisotopic (exact) mass is 997 g/mol. The van der Waals surface area contributed by atoms with Gasteiger partial charge < -0.3 is 14.2 Å². The van der Waals surface area contributed by atoms with E-state index in [1.54, 1.807) is 0 Å². The van der Waals surface area contributed by atoms with Crippen LogP contribution in [0.5, 0.6) is 0 Å². The second kappa shape index (κ2) is 60.2. The number of hydrogen-bond donors (Lipinski definition) is 0. The van der Waals surface area contributed by atoms with Crippen molar-refractivity contribution in [3.05, 3.63) is 36.5 Å². The van der Waals surface area contributed by atoms with Crippen LogP contribution < -0.4 is 0 Å². The van der Waals surface area contributed by atoms with E-state index in [-0.39, 0.29) is 31.1 Å². The topological polar surface area (TPSA) is 78.9 Å². The molecule has 6 nitrogen and oxygen atoms in total. The molecule has 0 radical (unpaired) electrons. The molecule has 0 heterocycles. The Bertz CT molecular complexity index is 1190. The molecule has 0 aromatic heterocycles. The number of hydrogen-bond acceptors (Lipinski definition) is 6. The zero-order chi connectivity index (χ0) is 51.4. The number of esters is 3. The van der Waals surface area contributed by atoms with Crippen molar-refractivity contribution in [2.75, 3.05) is 13.2 Å². The van der Waals surface area contributed by atoms with Gasteiger partial charge in [-0.05, 0) is 51.4 Å². The van der Waals surface area contributed by atoms with E-state index >= 15 is 0 Å². The van der Waals surface area contributed by atoms with Gasteiger partial charge in [0.05, 0.1) is 0 Å². The second-order valence-electron chi connectivity index (χ2n) is 21.3. The predicted molar refractivity (Wildman–Crippen MR) is 307 cm³/mol. The highest BCUT2D eigenvalue weighted by Gasteiger charge is 2.19. The molecule has 0 spiro atoms. The van der Waals surface area contributed by atoms with Gasteiger partial charge in [0.25, 0.3) is 0 Å². The highest BCUT2D eigenvalue weighted by atomic mass is 16.6. The SMILES string of the molecule is CC/C=C\C/C=C\C/C=C\CCCCCC(=O)OCC(COC(=O)CCCCCCCCCCCCCCCCCCCCCCCCCCCC)OC(=O)CCCCCCCCCCCCCCCC. The summed E-state index contributed by atoms with van der Waals surface area (Å²) in [7, 11) is 0. The van der Waals surface area contributed by atoms with Crippen LogP contribution in [0, 0.1) is 0 Å². The maximum absolute atomic E-state index is 12.9. The Balaban J connectivity index is 4.19. The molecule has 1 unspecified atom stereocenters. The molecule has 0 fully saturated rings. The lowest BCUT2D eigenvalue weighted by atomic mass is 10.0. The lowest BCUT2D eigenvalue weighted by molar-refractivity contribution is -0.167. The van der Waals surface area contributed by atoms with E-state index < -0.39 is 6.10 Å². The van der Waals surface area contributed by atoms with E-state index in [1.807, 2.05) is 0 Å². The fourth-order valence-corrected chi connectivity index (χ4v) is 9.46. The lowest BCUT2D eigenvalue weighted by Gasteiger charge is -2.18. The molecule has 0 saturated heterocycles. The van der Waals surface area contributed by atoms with Crippen molar-refractivity contribution in [1.82, 2.24) is 0 Å². The molecule has 0 aliphatic rings. The Morgan fingerprint density at radius 1 is 0.296 bits per heavy atom. The highest BCUT2D eigenvalue weighted by molar-refractivity contribution is 5.71. The van der Waals surface area contributed by atoms with Crippen LogP contribution in [-0.4, -0.2) is 37.2 Å². The molecule has 0 aliphatic heterocycles. The van der Waals surface area contributed by atoms with Crippen molar-refractivity contribution in [3.8, 4) is 0 Å². The van der Waals surface area contributed by atoms with E-state index in [4.69, 9.17) is 14.2 Å². The van der Waals surface area contributed by atoms with Crippen molar-refractivity contribution in [1.29, 1.82) is 0 Å². The first-order chi connectivity index (χ1) is 35.0. The number of allylic oxidation sites excluding steroid dienone is 6. The minimum atomic E-state index is -0.780. The smallest absolute Gasteiger partial charge is 0.306 e. The molecule has 71 heavy (non-hydrogen) atoms. The van der Waals surface area contributed by atoms with E-state index in [2.05, 4.69) is 57.2 Å². The van der Waals surface area contributed by atoms with Crippen LogP contribution in [-0.2, 0) is 28.6 Å². The maximum atomic E-state index is 12.9. The maximum Gasteiger partial charge on any atom is 0.306 e. The van der Waals surface area contributed by atoms with E-state index in [1.165, 1.54) is 218 Å². The standard InChI is InChI=1S/C65H120O6/c1-4-7-10-13-16-19-22-25-27-28-29-30-31-32-33-34-35-36-37-38-41-43-46-49-52-55-58-64(67)70-61-62(60-69-63(66)57-54-51-48-45-42-39-24-21-18-15-12-9-6-3)71-65(68)59-56-53-50-47-44-40-26-23-20-17-14-11-8-5-2/h9,12,18,21,39,42,62H,4-8,10-11,13-17,19-20,22-38,40-41,43-61H2,1-3H3/b12-9-,21-18-,42-39-. The average Bonchev–Trinajstić information content (AvgIpc) is 3.37. The van der Waals surface area contributed by atoms with Crippen molar-refractivity contribution in [3.63, 3.8) is 0 Å². The van der Waals surface area contributed by atoms with Crippen LogP contribution in [0.3, 0.4) is 0 Å². The Morgan fingerprint density at radius 3 is 0.859 bits per heavy atom. The highest BCUT2D eigenvalue weighted by Crippen LogP contribution is 2.18. The van der Waals surface area contributed by atoms with Gasteiger partial charge in [0.2, 0.25) is 0 Å². The summed E-state index contributed by atoms with van der Waals surface area (Å²) < 4.78 is 16.9.